The van der Waals surface area contributed by atoms with E-state index >= 15 is 0 Å². The summed E-state index contributed by atoms with van der Waals surface area (Å²) in [4.78, 5) is 26.0. The number of nitrogens with one attached hydrogen (secondary N) is 1. The fourth-order valence-corrected chi connectivity index (χ4v) is 3.86. The van der Waals surface area contributed by atoms with Gasteiger partial charge in [0.2, 0.25) is 0 Å². The molecular weight excluding hydrogens is 368 g/mol. The fraction of sp³-hybridized carbons (Fsp3) is 0.391. The molecule has 3 rings (SSSR count). The molecule has 1 heterocycles. The molecule has 29 heavy (non-hydrogen) atoms. The average molecular weight is 396 g/mol. The number of hydrogen-bond acceptors (Lipinski definition) is 6. The fourth-order valence-electron chi connectivity index (χ4n) is 3.86. The summed E-state index contributed by atoms with van der Waals surface area (Å²) in [6, 6.07) is 18.4. The van der Waals surface area contributed by atoms with Gasteiger partial charge in [-0.2, -0.15) is 0 Å². The monoisotopic (exact) mass is 396 g/mol. The molecule has 2 aromatic carbocycles. The van der Waals surface area contributed by atoms with Crippen LogP contribution in [0.1, 0.15) is 42.9 Å². The first-order valence-electron chi connectivity index (χ1n) is 9.91. The predicted octanol–water partition coefficient (Wildman–Crippen LogP) is 3.89. The summed E-state index contributed by atoms with van der Waals surface area (Å²) in [7, 11) is 2.83. The molecule has 2 aromatic rings. The van der Waals surface area contributed by atoms with Gasteiger partial charge in [0, 0.05) is 31.1 Å². The maximum atomic E-state index is 11.8. The van der Waals surface area contributed by atoms with E-state index in [-0.39, 0.29) is 24.1 Å². The van der Waals surface area contributed by atoms with Crippen LogP contribution in [-0.4, -0.2) is 37.2 Å². The molecule has 1 aliphatic rings. The lowest BCUT2D eigenvalue weighted by molar-refractivity contribution is -0.141. The Balaban J connectivity index is 1.91. The molecule has 2 unspecified atom stereocenters. The number of para-hydroxylation sites is 1. The Morgan fingerprint density at radius 1 is 0.897 bits per heavy atom. The number of esters is 2. The van der Waals surface area contributed by atoms with Crippen LogP contribution in [-0.2, 0) is 25.6 Å². The van der Waals surface area contributed by atoms with Gasteiger partial charge in [-0.15, -0.1) is 0 Å². The van der Waals surface area contributed by atoms with Crippen LogP contribution in [0.25, 0.3) is 0 Å². The zero-order valence-corrected chi connectivity index (χ0v) is 17.0. The van der Waals surface area contributed by atoms with Crippen molar-refractivity contribution in [2.75, 3.05) is 19.5 Å². The Bertz CT molecular complexity index is 825. The second kappa shape index (κ2) is 10.1. The van der Waals surface area contributed by atoms with Gasteiger partial charge in [0.25, 0.3) is 0 Å². The molecule has 0 spiro atoms. The van der Waals surface area contributed by atoms with Crippen LogP contribution in [0.3, 0.4) is 0 Å². The number of ether oxygens (including phenoxy) is 2. The molecule has 1 aliphatic heterocycles. The van der Waals surface area contributed by atoms with Crippen LogP contribution in [0.2, 0.25) is 0 Å². The van der Waals surface area contributed by atoms with Crippen molar-refractivity contribution in [3.05, 3.63) is 65.7 Å². The highest BCUT2D eigenvalue weighted by Gasteiger charge is 2.34. The number of benzene rings is 2. The SMILES string of the molecule is COC(=O)CCC1Nc2ccccc2C(CCC(=O)OC)N1Cc1ccccc1. The van der Waals surface area contributed by atoms with Gasteiger partial charge in [0.05, 0.1) is 20.4 Å². The summed E-state index contributed by atoms with van der Waals surface area (Å²) in [5.41, 5.74) is 3.38. The molecule has 0 aliphatic carbocycles. The molecule has 6 heteroatoms. The minimum Gasteiger partial charge on any atom is -0.469 e. The number of fused-ring (bicyclic) bond motifs is 1. The van der Waals surface area contributed by atoms with E-state index < -0.39 is 0 Å². The lowest BCUT2D eigenvalue weighted by Gasteiger charge is -2.44. The second-order valence-electron chi connectivity index (χ2n) is 7.15. The van der Waals surface area contributed by atoms with E-state index in [0.29, 0.717) is 32.2 Å². The minimum atomic E-state index is -0.226. The van der Waals surface area contributed by atoms with E-state index in [4.69, 9.17) is 9.47 Å². The molecule has 0 radical (unpaired) electrons. The lowest BCUT2D eigenvalue weighted by atomic mass is 9.93. The third-order valence-electron chi connectivity index (χ3n) is 5.35. The predicted molar refractivity (Wildman–Crippen MR) is 111 cm³/mol. The maximum Gasteiger partial charge on any atom is 0.305 e. The largest absolute Gasteiger partial charge is 0.469 e. The normalized spacial score (nSPS) is 18.4. The first-order valence-corrected chi connectivity index (χ1v) is 9.91. The van der Waals surface area contributed by atoms with Crippen LogP contribution in [0.4, 0.5) is 5.69 Å². The molecule has 6 nitrogen and oxygen atoms in total. The number of carbonyl (C=O) groups excluding carboxylic acids is 2. The summed E-state index contributed by atoms with van der Waals surface area (Å²) >= 11 is 0. The van der Waals surface area contributed by atoms with Gasteiger partial charge < -0.3 is 14.8 Å². The number of anilines is 1. The third-order valence-corrected chi connectivity index (χ3v) is 5.35. The summed E-state index contributed by atoms with van der Waals surface area (Å²) in [6.45, 7) is 0.708. The summed E-state index contributed by atoms with van der Waals surface area (Å²) in [6.07, 6.45) is 1.87. The third kappa shape index (κ3) is 5.35. The van der Waals surface area contributed by atoms with Crippen LogP contribution >= 0.6 is 0 Å². The molecule has 0 saturated carbocycles. The second-order valence-corrected chi connectivity index (χ2v) is 7.15. The molecule has 154 valence electrons. The van der Waals surface area contributed by atoms with Crippen molar-refractivity contribution in [3.8, 4) is 0 Å². The molecule has 0 aromatic heterocycles. The minimum absolute atomic E-state index is 0.0365. The Kier molecular flexibility index (Phi) is 7.25. The highest BCUT2D eigenvalue weighted by atomic mass is 16.5. The Labute approximate surface area is 171 Å². The molecule has 2 atom stereocenters. The van der Waals surface area contributed by atoms with Crippen molar-refractivity contribution in [2.45, 2.75) is 44.4 Å². The first kappa shape index (κ1) is 20.9. The number of carbonyl (C=O) groups is 2. The van der Waals surface area contributed by atoms with Crippen molar-refractivity contribution < 1.29 is 19.1 Å². The summed E-state index contributed by atoms with van der Waals surface area (Å²) < 4.78 is 9.71. The Morgan fingerprint density at radius 2 is 1.52 bits per heavy atom. The van der Waals surface area contributed by atoms with Crippen molar-refractivity contribution >= 4 is 17.6 Å². The molecular formula is C23H28N2O4. The highest BCUT2D eigenvalue weighted by Crippen LogP contribution is 2.39. The Hall–Kier alpha value is -2.86. The van der Waals surface area contributed by atoms with E-state index in [2.05, 4.69) is 28.4 Å². The molecule has 0 bridgehead atoms. The number of hydrogen-bond donors (Lipinski definition) is 1. The topological polar surface area (TPSA) is 67.9 Å². The van der Waals surface area contributed by atoms with Gasteiger partial charge in [0.1, 0.15) is 0 Å². The molecule has 1 N–H and O–H groups in total. The smallest absolute Gasteiger partial charge is 0.305 e. The lowest BCUT2D eigenvalue weighted by Crippen LogP contribution is -2.47. The first-order chi connectivity index (χ1) is 14.1. The van der Waals surface area contributed by atoms with Gasteiger partial charge in [0.15, 0.2) is 0 Å². The van der Waals surface area contributed by atoms with E-state index in [9.17, 15) is 9.59 Å². The zero-order valence-electron chi connectivity index (χ0n) is 17.0. The zero-order chi connectivity index (χ0) is 20.6. The highest BCUT2D eigenvalue weighted by molar-refractivity contribution is 5.70. The van der Waals surface area contributed by atoms with Crippen LogP contribution in [0.15, 0.2) is 54.6 Å². The van der Waals surface area contributed by atoms with Gasteiger partial charge in [-0.1, -0.05) is 48.5 Å². The summed E-state index contributed by atoms with van der Waals surface area (Å²) in [5.74, 6) is -0.441. The van der Waals surface area contributed by atoms with Gasteiger partial charge in [-0.3, -0.25) is 14.5 Å². The van der Waals surface area contributed by atoms with E-state index in [1.165, 1.54) is 19.8 Å². The number of nitrogens with zero attached hydrogens (tertiary/aromatic N) is 1. The van der Waals surface area contributed by atoms with Crippen molar-refractivity contribution in [1.82, 2.24) is 4.90 Å². The van der Waals surface area contributed by atoms with E-state index in [1.54, 1.807) is 0 Å². The number of rotatable bonds is 8. The average Bonchev–Trinajstić information content (AvgIpc) is 2.77. The van der Waals surface area contributed by atoms with Gasteiger partial charge >= 0.3 is 11.9 Å². The number of methoxy groups -OCH3 is 2. The van der Waals surface area contributed by atoms with Crippen molar-refractivity contribution in [3.63, 3.8) is 0 Å². The van der Waals surface area contributed by atoms with Gasteiger partial charge in [-0.05, 0) is 30.0 Å². The van der Waals surface area contributed by atoms with Crippen LogP contribution in [0.5, 0.6) is 0 Å². The quantitative estimate of drug-likeness (QED) is 0.683. The molecule has 0 amide bonds. The Morgan fingerprint density at radius 3 is 2.21 bits per heavy atom. The van der Waals surface area contributed by atoms with Crippen molar-refractivity contribution in [1.29, 1.82) is 0 Å². The van der Waals surface area contributed by atoms with E-state index in [0.717, 1.165) is 11.3 Å². The summed E-state index contributed by atoms with van der Waals surface area (Å²) in [5, 5.41) is 3.58. The molecule has 0 fully saturated rings. The van der Waals surface area contributed by atoms with Crippen LogP contribution < -0.4 is 5.32 Å². The van der Waals surface area contributed by atoms with E-state index in [1.807, 2.05) is 36.4 Å². The van der Waals surface area contributed by atoms with Crippen molar-refractivity contribution in [2.24, 2.45) is 0 Å². The maximum absolute atomic E-state index is 11.8. The van der Waals surface area contributed by atoms with Gasteiger partial charge in [-0.25, -0.2) is 0 Å². The molecule has 0 saturated heterocycles. The van der Waals surface area contributed by atoms with Crippen LogP contribution in [0, 0.1) is 0 Å². The standard InChI is InChI=1S/C23H28N2O4/c1-28-22(26)14-12-20-18-10-6-7-11-19(18)24-21(13-15-23(27)29-2)25(20)16-17-8-4-3-5-9-17/h3-11,20-21,24H,12-16H2,1-2H3.